The lowest BCUT2D eigenvalue weighted by molar-refractivity contribution is 0.122. The fourth-order valence-corrected chi connectivity index (χ4v) is 4.09. The van der Waals surface area contributed by atoms with Crippen molar-refractivity contribution in [3.05, 3.63) is 47.2 Å². The lowest BCUT2D eigenvalue weighted by atomic mass is 9.93. The van der Waals surface area contributed by atoms with Crippen LogP contribution in [0.3, 0.4) is 0 Å². The van der Waals surface area contributed by atoms with Gasteiger partial charge in [-0.3, -0.25) is 9.80 Å². The van der Waals surface area contributed by atoms with E-state index in [1.165, 1.54) is 11.8 Å². The van der Waals surface area contributed by atoms with Crippen LogP contribution in [0.2, 0.25) is 0 Å². The molecule has 1 aromatic carbocycles. The van der Waals surface area contributed by atoms with Gasteiger partial charge in [0.2, 0.25) is 5.95 Å². The Morgan fingerprint density at radius 2 is 1.94 bits per heavy atom. The number of carbonyl (C=O) groups is 2. The zero-order valence-electron chi connectivity index (χ0n) is 19.0. The number of cyclic esters (lactones) is 1. The highest BCUT2D eigenvalue weighted by molar-refractivity contribution is 6.64. The number of hydrogen-bond donors (Lipinski definition) is 1. The summed E-state index contributed by atoms with van der Waals surface area (Å²) >= 11 is 0. The van der Waals surface area contributed by atoms with E-state index in [1.807, 2.05) is 19.1 Å². The first kappa shape index (κ1) is 24.0. The molecule has 3 heterocycles. The van der Waals surface area contributed by atoms with Crippen molar-refractivity contribution in [1.29, 1.82) is 0 Å². The van der Waals surface area contributed by atoms with Crippen LogP contribution in [0.5, 0.6) is 0 Å². The van der Waals surface area contributed by atoms with Crippen LogP contribution in [0.4, 0.5) is 25.3 Å². The van der Waals surface area contributed by atoms with Gasteiger partial charge in [-0.15, -0.1) is 0 Å². The number of benzene rings is 1. The van der Waals surface area contributed by atoms with Crippen LogP contribution in [0.25, 0.3) is 0 Å². The van der Waals surface area contributed by atoms with Crippen molar-refractivity contribution in [3.8, 4) is 0 Å². The molecular formula is C22H27BF2N6O3. The Hall–Kier alpha value is -3.12. The zero-order valence-corrected chi connectivity index (χ0v) is 19.0. The lowest BCUT2D eigenvalue weighted by Crippen LogP contribution is -2.47. The number of nitrogens with one attached hydrogen (secondary N) is 1. The summed E-state index contributed by atoms with van der Waals surface area (Å²) in [5.41, 5.74) is 2.70. The van der Waals surface area contributed by atoms with E-state index in [4.69, 9.17) is 4.74 Å². The number of rotatable bonds is 9. The number of anilines is 2. The molecule has 0 unspecified atom stereocenters. The molecule has 0 bridgehead atoms. The third-order valence-corrected chi connectivity index (χ3v) is 6.02. The van der Waals surface area contributed by atoms with Gasteiger partial charge in [-0.25, -0.2) is 18.6 Å². The minimum atomic E-state index is -2.71. The molecule has 12 heteroatoms. The van der Waals surface area contributed by atoms with Crippen LogP contribution in [-0.2, 0) is 22.7 Å². The number of halogens is 2. The summed E-state index contributed by atoms with van der Waals surface area (Å²) in [5, 5.41) is 3.18. The van der Waals surface area contributed by atoms with Crippen molar-refractivity contribution in [3.63, 3.8) is 0 Å². The summed E-state index contributed by atoms with van der Waals surface area (Å²) in [6, 6.07) is 8.10. The van der Waals surface area contributed by atoms with Crippen LogP contribution >= 0.6 is 0 Å². The van der Waals surface area contributed by atoms with Crippen LogP contribution < -0.4 is 10.2 Å². The molecule has 0 aliphatic carbocycles. The van der Waals surface area contributed by atoms with Gasteiger partial charge in [0.25, 0.3) is 13.8 Å². The number of fused-ring (bicyclic) bond motifs is 1. The highest BCUT2D eigenvalue weighted by atomic mass is 19.3. The summed E-state index contributed by atoms with van der Waals surface area (Å²) in [7, 11) is 0.496. The first-order chi connectivity index (χ1) is 16.4. The molecule has 9 nitrogen and oxygen atoms in total. The lowest BCUT2D eigenvalue weighted by Gasteiger charge is -2.33. The van der Waals surface area contributed by atoms with Gasteiger partial charge in [0.05, 0.1) is 24.3 Å². The number of carbonyl (C=O) groups excluding carboxylic acids is 2. The molecule has 1 amide bonds. The maximum absolute atomic E-state index is 12.9. The molecule has 1 saturated heterocycles. The quantitative estimate of drug-likeness (QED) is 0.438. The number of ether oxygens (including phenoxy) is 1. The van der Waals surface area contributed by atoms with Gasteiger partial charge >= 0.3 is 6.09 Å². The van der Waals surface area contributed by atoms with E-state index in [1.54, 1.807) is 0 Å². The monoisotopic (exact) mass is 472 g/mol. The highest BCUT2D eigenvalue weighted by Crippen LogP contribution is 2.27. The molecule has 180 valence electrons. The third-order valence-electron chi connectivity index (χ3n) is 6.02. The van der Waals surface area contributed by atoms with Crippen molar-refractivity contribution in [2.45, 2.75) is 32.5 Å². The summed E-state index contributed by atoms with van der Waals surface area (Å²) in [4.78, 5) is 36.5. The fourth-order valence-electron chi connectivity index (χ4n) is 4.09. The molecule has 2 aromatic rings. The SMILES string of the molecule is C[C@H](Nc1ncc2c(n1)N(CC(F)F)C(=O)OC2)c1ccc(CN2CCN(BC=O)CC2)cc1. The van der Waals surface area contributed by atoms with E-state index in [0.29, 0.717) is 13.0 Å². The summed E-state index contributed by atoms with van der Waals surface area (Å²) in [6.07, 6.45) is -1.11. The number of piperazine rings is 1. The number of hydrogen-bond acceptors (Lipinski definition) is 8. The summed E-state index contributed by atoms with van der Waals surface area (Å²) in [6.45, 7) is 5.62. The Kier molecular flexibility index (Phi) is 7.68. The number of nitrogens with zero attached hydrogens (tertiary/aromatic N) is 5. The molecule has 1 fully saturated rings. The highest BCUT2D eigenvalue weighted by Gasteiger charge is 2.30. The van der Waals surface area contributed by atoms with Crippen LogP contribution in [0, 0.1) is 0 Å². The molecule has 0 radical (unpaired) electrons. The largest absolute Gasteiger partial charge is 0.444 e. The Balaban J connectivity index is 1.37. The summed E-state index contributed by atoms with van der Waals surface area (Å²) in [5.74, 6) is 0.391. The molecule has 1 atom stereocenters. The standard InChI is InChI=1S/C22H27BF2N6O3/c1-15(17-4-2-16(3-5-17)11-29-6-8-30(9-7-29)23-14-32)27-21-26-10-18-13-34-22(33)31(12-19(24)25)20(18)28-21/h2-5,10,14-15,19,23H,6-9,11-13H2,1H3,(H,26,27,28)/t15-/m0/s1. The van der Waals surface area contributed by atoms with Crippen LogP contribution in [0.15, 0.2) is 30.5 Å². The van der Waals surface area contributed by atoms with E-state index < -0.39 is 19.1 Å². The Morgan fingerprint density at radius 3 is 2.62 bits per heavy atom. The van der Waals surface area contributed by atoms with Crippen molar-refractivity contribution < 1.29 is 23.1 Å². The Labute approximate surface area is 197 Å². The van der Waals surface area contributed by atoms with Crippen molar-refractivity contribution >= 4 is 31.5 Å². The second-order valence-corrected chi connectivity index (χ2v) is 8.45. The molecule has 1 aromatic heterocycles. The Morgan fingerprint density at radius 1 is 1.21 bits per heavy atom. The van der Waals surface area contributed by atoms with Crippen LogP contribution in [0.1, 0.15) is 29.7 Å². The topological polar surface area (TPSA) is 90.9 Å². The molecule has 2 aliphatic rings. The predicted octanol–water partition coefficient (Wildman–Crippen LogP) is 2.03. The van der Waals surface area contributed by atoms with E-state index in [-0.39, 0.29) is 24.4 Å². The predicted molar refractivity (Wildman–Crippen MR) is 125 cm³/mol. The molecule has 34 heavy (non-hydrogen) atoms. The van der Waals surface area contributed by atoms with Crippen molar-refractivity contribution in [1.82, 2.24) is 19.7 Å². The van der Waals surface area contributed by atoms with E-state index in [9.17, 15) is 18.4 Å². The minimum absolute atomic E-state index is 0.0443. The molecule has 1 N–H and O–H groups in total. The van der Waals surface area contributed by atoms with E-state index in [0.717, 1.165) is 49.4 Å². The molecular weight excluding hydrogens is 445 g/mol. The second-order valence-electron chi connectivity index (χ2n) is 8.45. The van der Waals surface area contributed by atoms with Crippen molar-refractivity contribution in [2.24, 2.45) is 0 Å². The average Bonchev–Trinajstić information content (AvgIpc) is 2.83. The first-order valence-electron chi connectivity index (χ1n) is 11.2. The van der Waals surface area contributed by atoms with Crippen molar-refractivity contribution in [2.75, 3.05) is 42.9 Å². The molecule has 0 spiro atoms. The minimum Gasteiger partial charge on any atom is -0.444 e. The molecule has 0 saturated carbocycles. The number of alkyl halides is 2. The average molecular weight is 472 g/mol. The van der Waals surface area contributed by atoms with Crippen LogP contribution in [-0.4, -0.2) is 78.5 Å². The third kappa shape index (κ3) is 5.86. The first-order valence-corrected chi connectivity index (χ1v) is 11.2. The zero-order chi connectivity index (χ0) is 24.1. The van der Waals surface area contributed by atoms with E-state index >= 15 is 0 Å². The van der Waals surface area contributed by atoms with Gasteiger partial charge in [-0.2, -0.15) is 4.98 Å². The maximum Gasteiger partial charge on any atom is 0.416 e. The Bertz CT molecular complexity index is 1000. The maximum atomic E-state index is 12.9. The van der Waals surface area contributed by atoms with Gasteiger partial charge in [0, 0.05) is 38.9 Å². The normalized spacial score (nSPS) is 17.8. The van der Waals surface area contributed by atoms with Gasteiger partial charge in [0.15, 0.2) is 0 Å². The van der Waals surface area contributed by atoms with Gasteiger partial charge < -0.3 is 19.7 Å². The molecule has 4 rings (SSSR count). The van der Waals surface area contributed by atoms with Gasteiger partial charge in [0.1, 0.15) is 12.4 Å². The number of aromatic nitrogens is 2. The summed E-state index contributed by atoms with van der Waals surface area (Å²) < 4.78 is 30.8. The van der Waals surface area contributed by atoms with Gasteiger partial charge in [-0.1, -0.05) is 24.3 Å². The van der Waals surface area contributed by atoms with Gasteiger partial charge in [-0.05, 0) is 18.1 Å². The second kappa shape index (κ2) is 10.9. The molecule has 2 aliphatic heterocycles. The fraction of sp³-hybridized carbons (Fsp3) is 0.455. The van der Waals surface area contributed by atoms with E-state index in [2.05, 4.69) is 37.1 Å². The number of amides is 1. The smallest absolute Gasteiger partial charge is 0.416 e.